The Hall–Kier alpha value is -2.23. The summed E-state index contributed by atoms with van der Waals surface area (Å²) in [6.45, 7) is 6.32. The number of halogens is 2. The molecular weight excluding hydrogens is 330 g/mol. The summed E-state index contributed by atoms with van der Waals surface area (Å²) < 4.78 is 24.6. The number of alkyl halides is 2. The van der Waals surface area contributed by atoms with Crippen molar-refractivity contribution in [3.8, 4) is 0 Å². The van der Waals surface area contributed by atoms with Gasteiger partial charge in [0.1, 0.15) is 0 Å². The Morgan fingerprint density at radius 1 is 1.23 bits per heavy atom. The minimum absolute atomic E-state index is 0.0452. The van der Waals surface area contributed by atoms with Gasteiger partial charge in [0.15, 0.2) is 0 Å². The smallest absolute Gasteiger partial charge is 0.239 e. The number of rotatable bonds is 7. The van der Waals surface area contributed by atoms with Gasteiger partial charge in [-0.25, -0.2) is 8.78 Å². The number of hydrogen-bond donors (Lipinski definition) is 1. The van der Waals surface area contributed by atoms with E-state index in [0.717, 1.165) is 36.2 Å². The molecule has 26 heavy (non-hydrogen) atoms. The molecule has 0 fully saturated rings. The van der Waals surface area contributed by atoms with Gasteiger partial charge in [0.25, 0.3) is 0 Å². The topological polar surface area (TPSA) is 24.9 Å². The minimum atomic E-state index is -2.26. The standard InChI is InChI=1S/C22H26F2N2/c1-15(19-10-9-18-5-3-4-6-20(18)13-19)26-16(2)21-11-7-17(14-25-21)8-12-22(23)24/h3-7,11,14,16,19,22,26H,1,8-10,12-13H2,2H3/t16-,19?/m1/s1. The van der Waals surface area contributed by atoms with Gasteiger partial charge in [-0.15, -0.1) is 0 Å². The molecule has 0 saturated carbocycles. The second-order valence-corrected chi connectivity index (χ2v) is 7.12. The molecule has 0 spiro atoms. The number of nitrogens with zero attached hydrogens (tertiary/aromatic N) is 1. The highest BCUT2D eigenvalue weighted by molar-refractivity contribution is 5.31. The number of benzene rings is 1. The fourth-order valence-corrected chi connectivity index (χ4v) is 3.58. The van der Waals surface area contributed by atoms with Gasteiger partial charge in [-0.1, -0.05) is 36.9 Å². The molecule has 2 aromatic rings. The predicted molar refractivity (Wildman–Crippen MR) is 101 cm³/mol. The molecule has 0 amide bonds. The highest BCUT2D eigenvalue weighted by atomic mass is 19.3. The van der Waals surface area contributed by atoms with Crippen molar-refractivity contribution in [1.82, 2.24) is 10.3 Å². The zero-order valence-corrected chi connectivity index (χ0v) is 15.2. The van der Waals surface area contributed by atoms with Gasteiger partial charge < -0.3 is 5.32 Å². The summed E-state index contributed by atoms with van der Waals surface area (Å²) in [6.07, 6.45) is 2.90. The molecule has 1 aromatic carbocycles. The van der Waals surface area contributed by atoms with Crippen molar-refractivity contribution >= 4 is 0 Å². The summed E-state index contributed by atoms with van der Waals surface area (Å²) in [5.41, 5.74) is 5.68. The van der Waals surface area contributed by atoms with Crippen LogP contribution in [-0.2, 0) is 19.3 Å². The van der Waals surface area contributed by atoms with Crippen LogP contribution in [0.15, 0.2) is 54.9 Å². The molecule has 0 saturated heterocycles. The fraction of sp³-hybridized carbons (Fsp3) is 0.409. The molecule has 2 nitrogen and oxygen atoms in total. The molecule has 0 aliphatic heterocycles. The zero-order valence-electron chi connectivity index (χ0n) is 15.2. The van der Waals surface area contributed by atoms with Crippen LogP contribution in [0.4, 0.5) is 8.78 Å². The molecule has 3 rings (SSSR count). The maximum absolute atomic E-state index is 12.3. The summed E-state index contributed by atoms with van der Waals surface area (Å²) in [5.74, 6) is 0.428. The van der Waals surface area contributed by atoms with Crippen LogP contribution in [0.5, 0.6) is 0 Å². The quantitative estimate of drug-likeness (QED) is 0.733. The van der Waals surface area contributed by atoms with Crippen LogP contribution < -0.4 is 5.32 Å². The van der Waals surface area contributed by atoms with Gasteiger partial charge in [-0.2, -0.15) is 0 Å². The molecule has 1 aliphatic rings. The number of aryl methyl sites for hydroxylation is 2. The van der Waals surface area contributed by atoms with Gasteiger partial charge in [-0.3, -0.25) is 4.98 Å². The van der Waals surface area contributed by atoms with E-state index in [4.69, 9.17) is 0 Å². The Bertz CT molecular complexity index is 740. The number of fused-ring (bicyclic) bond motifs is 1. The lowest BCUT2D eigenvalue weighted by Gasteiger charge is -2.28. The third kappa shape index (κ3) is 4.69. The second kappa shape index (κ2) is 8.43. The first-order valence-corrected chi connectivity index (χ1v) is 9.28. The Balaban J connectivity index is 1.56. The van der Waals surface area contributed by atoms with Crippen molar-refractivity contribution in [2.75, 3.05) is 0 Å². The van der Waals surface area contributed by atoms with E-state index in [1.165, 1.54) is 11.1 Å². The third-order valence-corrected chi connectivity index (χ3v) is 5.18. The lowest BCUT2D eigenvalue weighted by atomic mass is 9.82. The average molecular weight is 356 g/mol. The van der Waals surface area contributed by atoms with Crippen LogP contribution in [0.3, 0.4) is 0 Å². The molecule has 0 radical (unpaired) electrons. The molecule has 1 heterocycles. The first-order chi connectivity index (χ1) is 12.5. The van der Waals surface area contributed by atoms with Gasteiger partial charge in [0, 0.05) is 24.2 Å². The van der Waals surface area contributed by atoms with Crippen molar-refractivity contribution < 1.29 is 8.78 Å². The van der Waals surface area contributed by atoms with E-state index >= 15 is 0 Å². The number of pyridine rings is 1. The number of aromatic nitrogens is 1. The van der Waals surface area contributed by atoms with E-state index in [9.17, 15) is 8.78 Å². The Morgan fingerprint density at radius 2 is 2.00 bits per heavy atom. The molecular formula is C22H26F2N2. The number of hydrogen-bond acceptors (Lipinski definition) is 2. The third-order valence-electron chi connectivity index (χ3n) is 5.18. The first kappa shape index (κ1) is 18.6. The van der Waals surface area contributed by atoms with Gasteiger partial charge in [0.2, 0.25) is 6.43 Å². The summed E-state index contributed by atoms with van der Waals surface area (Å²) in [7, 11) is 0. The minimum Gasteiger partial charge on any atom is -0.380 e. The summed E-state index contributed by atoms with van der Waals surface area (Å²) in [5, 5.41) is 3.49. The predicted octanol–water partition coefficient (Wildman–Crippen LogP) is 5.25. The van der Waals surface area contributed by atoms with E-state index in [2.05, 4.69) is 48.1 Å². The average Bonchev–Trinajstić information content (AvgIpc) is 2.66. The van der Waals surface area contributed by atoms with Gasteiger partial charge >= 0.3 is 0 Å². The highest BCUT2D eigenvalue weighted by Crippen LogP contribution is 2.29. The van der Waals surface area contributed by atoms with Gasteiger partial charge in [0.05, 0.1) is 11.7 Å². The molecule has 1 N–H and O–H groups in total. The Labute approximate surface area is 154 Å². The van der Waals surface area contributed by atoms with Crippen LogP contribution in [0.1, 0.15) is 48.2 Å². The second-order valence-electron chi connectivity index (χ2n) is 7.12. The molecule has 1 unspecified atom stereocenters. The van der Waals surface area contributed by atoms with Gasteiger partial charge in [-0.05, 0) is 55.4 Å². The Kier molecular flexibility index (Phi) is 6.02. The summed E-state index contributed by atoms with van der Waals surface area (Å²) in [6, 6.07) is 12.5. The van der Waals surface area contributed by atoms with E-state index in [-0.39, 0.29) is 12.5 Å². The van der Waals surface area contributed by atoms with E-state index in [1.54, 1.807) is 6.20 Å². The maximum atomic E-state index is 12.3. The normalized spacial score (nSPS) is 17.6. The lowest BCUT2D eigenvalue weighted by molar-refractivity contribution is 0.138. The van der Waals surface area contributed by atoms with Crippen molar-refractivity contribution in [2.24, 2.45) is 5.92 Å². The van der Waals surface area contributed by atoms with Crippen molar-refractivity contribution in [3.63, 3.8) is 0 Å². The number of nitrogens with one attached hydrogen (secondary N) is 1. The Morgan fingerprint density at radius 3 is 2.69 bits per heavy atom. The van der Waals surface area contributed by atoms with Crippen molar-refractivity contribution in [1.29, 1.82) is 0 Å². The van der Waals surface area contributed by atoms with Crippen LogP contribution in [-0.4, -0.2) is 11.4 Å². The van der Waals surface area contributed by atoms with Crippen LogP contribution in [0.2, 0.25) is 0 Å². The largest absolute Gasteiger partial charge is 0.380 e. The van der Waals surface area contributed by atoms with E-state index in [0.29, 0.717) is 12.3 Å². The maximum Gasteiger partial charge on any atom is 0.239 e. The van der Waals surface area contributed by atoms with Crippen molar-refractivity contribution in [3.05, 3.63) is 77.3 Å². The number of allylic oxidation sites excluding steroid dienone is 1. The highest BCUT2D eigenvalue weighted by Gasteiger charge is 2.21. The van der Waals surface area contributed by atoms with Crippen LogP contribution in [0, 0.1) is 5.92 Å². The molecule has 4 heteroatoms. The molecule has 138 valence electrons. The molecule has 2 atom stereocenters. The van der Waals surface area contributed by atoms with E-state index in [1.807, 2.05) is 12.1 Å². The van der Waals surface area contributed by atoms with Crippen LogP contribution in [0.25, 0.3) is 0 Å². The SMILES string of the molecule is C=C(N[C@H](C)c1ccc(CCC(F)F)cn1)C1CCc2ccccc2C1. The molecule has 1 aromatic heterocycles. The van der Waals surface area contributed by atoms with E-state index < -0.39 is 6.43 Å². The van der Waals surface area contributed by atoms with Crippen molar-refractivity contribution in [2.45, 2.75) is 51.5 Å². The zero-order chi connectivity index (χ0) is 18.5. The first-order valence-electron chi connectivity index (χ1n) is 9.28. The molecule has 1 aliphatic carbocycles. The fourth-order valence-electron chi connectivity index (χ4n) is 3.58. The summed E-state index contributed by atoms with van der Waals surface area (Å²) in [4.78, 5) is 4.44. The molecule has 0 bridgehead atoms. The monoisotopic (exact) mass is 356 g/mol. The lowest BCUT2D eigenvalue weighted by Crippen LogP contribution is -2.27. The van der Waals surface area contributed by atoms with Crippen LogP contribution >= 0.6 is 0 Å². The summed E-state index contributed by atoms with van der Waals surface area (Å²) >= 11 is 0.